The Bertz CT molecular complexity index is 4000. The molecular formula is C83H147N27O20S2. The number of benzene rings is 1. The third-order valence-corrected chi connectivity index (χ3v) is 22.8. The van der Waals surface area contributed by atoms with E-state index in [1.54, 1.807) is 41.5 Å². The predicted molar refractivity (Wildman–Crippen MR) is 497 cm³/mol. The van der Waals surface area contributed by atoms with Crippen molar-refractivity contribution in [2.45, 2.75) is 299 Å². The van der Waals surface area contributed by atoms with Crippen LogP contribution in [0.25, 0.3) is 0 Å². The fraction of sp³-hybridized carbons (Fsp3) is 0.699. The number of thiol groups is 2. The molecule has 1 aromatic rings. The molecule has 1 aliphatic heterocycles. The average molecular weight is 1910 g/mol. The molecule has 0 aromatic heterocycles. The topological polar surface area (TPSA) is 802 Å². The van der Waals surface area contributed by atoms with Crippen LogP contribution >= 0.6 is 25.3 Å². The largest absolute Gasteiger partial charge is 0.508 e. The number of hydrogen-bond donors (Lipinski definition) is 31. The molecular weight excluding hydrogens is 1760 g/mol. The van der Waals surface area contributed by atoms with Crippen LogP contribution < -0.4 is 131 Å². The minimum absolute atomic E-state index is 0.0643. The fourth-order valence-corrected chi connectivity index (χ4v) is 14.3. The number of carboxylic acid groups (broad SMARTS) is 1. The number of nitrogens with zero attached hydrogens (tertiary/aromatic N) is 1. The highest BCUT2D eigenvalue weighted by Crippen LogP contribution is 2.24. The number of nitrogens with one attached hydrogen (secondary N) is 18. The number of aliphatic hydroxyl groups is 1. The summed E-state index contributed by atoms with van der Waals surface area (Å²) in [5.74, 6) is -19.6. The normalized spacial score (nSPS) is 16.6. The van der Waals surface area contributed by atoms with E-state index in [9.17, 15) is 96.8 Å². The summed E-state index contributed by atoms with van der Waals surface area (Å²) in [6.07, 6.45) is -1.30. The van der Waals surface area contributed by atoms with E-state index in [1.165, 1.54) is 43.0 Å². The maximum atomic E-state index is 15.0. The Kier molecular flexibility index (Phi) is 53.4. The summed E-state index contributed by atoms with van der Waals surface area (Å²) >= 11 is 8.91. The van der Waals surface area contributed by atoms with Crippen molar-refractivity contribution in [3.63, 3.8) is 0 Å². The van der Waals surface area contributed by atoms with Gasteiger partial charge in [-0.3, -0.25) is 87.5 Å². The number of carbonyl (C=O) groups excluding carboxylic acids is 16. The molecule has 746 valence electrons. The molecule has 1 saturated heterocycles. The first kappa shape index (κ1) is 117. The van der Waals surface area contributed by atoms with E-state index in [-0.39, 0.29) is 128 Å². The van der Waals surface area contributed by atoms with Gasteiger partial charge in [-0.05, 0) is 166 Å². The highest BCUT2D eigenvalue weighted by molar-refractivity contribution is 7.81. The van der Waals surface area contributed by atoms with Gasteiger partial charge in [-0.25, -0.2) is 4.79 Å². The van der Waals surface area contributed by atoms with Crippen molar-refractivity contribution in [2.75, 3.05) is 51.6 Å². The molecule has 1 heterocycles. The second kappa shape index (κ2) is 60.2. The van der Waals surface area contributed by atoms with Crippen molar-refractivity contribution in [1.29, 1.82) is 10.8 Å². The van der Waals surface area contributed by atoms with E-state index in [4.69, 9.17) is 56.7 Å². The number of aromatic hydroxyl groups is 1. The third-order valence-electron chi connectivity index (χ3n) is 22.2. The molecule has 37 N–H and O–H groups in total. The quantitative estimate of drug-likeness (QED) is 0.0125. The number of aliphatic hydroxyl groups excluding tert-OH is 1. The number of phenolic OH excluding ortho intramolecular Hbond substituents is 1. The van der Waals surface area contributed by atoms with Gasteiger partial charge < -0.3 is 151 Å². The number of aliphatic carboxylic acids is 1. The smallest absolute Gasteiger partial charge is 0.326 e. The van der Waals surface area contributed by atoms with Crippen LogP contribution in [0.15, 0.2) is 24.3 Å². The van der Waals surface area contributed by atoms with E-state index in [2.05, 4.69) is 110 Å². The van der Waals surface area contributed by atoms with Gasteiger partial charge in [-0.2, -0.15) is 25.3 Å². The van der Waals surface area contributed by atoms with E-state index in [1.807, 2.05) is 6.92 Å². The number of guanidine groups is 2. The number of rotatable bonds is 63. The van der Waals surface area contributed by atoms with Crippen molar-refractivity contribution < 1.29 is 96.8 Å². The molecule has 0 radical (unpaired) electrons. The molecule has 2 rings (SSSR count). The number of nitrogens with two attached hydrogens (primary N) is 8. The first-order chi connectivity index (χ1) is 62.1. The van der Waals surface area contributed by atoms with Gasteiger partial charge in [0.05, 0.1) is 18.6 Å². The summed E-state index contributed by atoms with van der Waals surface area (Å²) < 4.78 is -1.59. The van der Waals surface area contributed by atoms with E-state index >= 15 is 0 Å². The molecule has 19 atom stereocenters. The molecule has 0 spiro atoms. The molecule has 0 unspecified atom stereocenters. The van der Waals surface area contributed by atoms with Gasteiger partial charge in [-0.1, -0.05) is 86.3 Å². The van der Waals surface area contributed by atoms with Crippen LogP contribution in [0.1, 0.15) is 190 Å². The molecule has 0 aliphatic carbocycles. The molecule has 1 aromatic carbocycles. The Morgan fingerprint density at radius 1 is 0.470 bits per heavy atom. The van der Waals surface area contributed by atoms with Gasteiger partial charge >= 0.3 is 5.97 Å². The SMILES string of the molecule is CCCC[C@H](NC(=O)[C@H](CCCNC(=N)N)NC(=O)[C@H](CCN)NC(=O)[C@H](CS)NC(=O)[C@H](CCCCN)NC(=O)[C@@H](CCN)NC(=O)[C@@H](NC(=O)[C@H](CCN)NC(=O)[C@H](CCCNC(=N)N)NC(=O)[C@H](CC(N)=O)NC(=O)[C@@H](NC(=O)[C@H](Cc1ccc(O)cc1)NC(=O)[C@@H](NC(=O)[C@@H](NC(=O)[C@@H]1CCCN1C(=O)[C@@H](N)C(C)C)[C@@H](C)CC)[C@@H](C)CC)C(C)(C)S)[C@@H](C)O)C(=O)O. The Morgan fingerprint density at radius 2 is 0.841 bits per heavy atom. The second-order valence-electron chi connectivity index (χ2n) is 33.8. The summed E-state index contributed by atoms with van der Waals surface area (Å²) in [5, 5.41) is 87.0. The van der Waals surface area contributed by atoms with Crippen LogP contribution in [0.4, 0.5) is 0 Å². The van der Waals surface area contributed by atoms with E-state index in [0.29, 0.717) is 50.5 Å². The minimum Gasteiger partial charge on any atom is -0.508 e. The lowest BCUT2D eigenvalue weighted by Gasteiger charge is -2.33. The van der Waals surface area contributed by atoms with Gasteiger partial charge in [0.25, 0.3) is 0 Å². The number of amides is 16. The molecule has 16 amide bonds. The second-order valence-corrected chi connectivity index (χ2v) is 35.3. The number of primary amides is 1. The molecule has 47 nitrogen and oxygen atoms in total. The Hall–Kier alpha value is -11.0. The number of hydrogen-bond acceptors (Lipinski definition) is 28. The fourth-order valence-electron chi connectivity index (χ4n) is 13.8. The van der Waals surface area contributed by atoms with Gasteiger partial charge in [0.15, 0.2) is 11.9 Å². The highest BCUT2D eigenvalue weighted by Gasteiger charge is 2.44. The average Bonchev–Trinajstić information content (AvgIpc) is 1.00. The molecule has 132 heavy (non-hydrogen) atoms. The minimum atomic E-state index is -1.97. The summed E-state index contributed by atoms with van der Waals surface area (Å²) in [4.78, 5) is 241. The van der Waals surface area contributed by atoms with Crippen LogP contribution in [0.2, 0.25) is 0 Å². The third kappa shape index (κ3) is 41.0. The Morgan fingerprint density at radius 3 is 1.25 bits per heavy atom. The van der Waals surface area contributed by atoms with Gasteiger partial charge in [0.1, 0.15) is 96.4 Å². The zero-order chi connectivity index (χ0) is 100.0. The van der Waals surface area contributed by atoms with Gasteiger partial charge in [0, 0.05) is 36.6 Å². The molecule has 1 fully saturated rings. The van der Waals surface area contributed by atoms with Crippen molar-refractivity contribution in [3.05, 3.63) is 29.8 Å². The first-order valence-corrected chi connectivity index (χ1v) is 45.8. The maximum Gasteiger partial charge on any atom is 0.326 e. The van der Waals surface area contributed by atoms with Crippen LogP contribution in [0, 0.1) is 28.6 Å². The molecule has 0 bridgehead atoms. The number of carboxylic acids is 1. The highest BCUT2D eigenvalue weighted by atomic mass is 32.1. The van der Waals surface area contributed by atoms with Crippen LogP contribution in [-0.4, -0.2) is 292 Å². The molecule has 0 saturated carbocycles. The number of likely N-dealkylation sites (tertiary alicyclic amines) is 1. The summed E-state index contributed by atoms with van der Waals surface area (Å²) in [5.41, 5.74) is 46.7. The summed E-state index contributed by atoms with van der Waals surface area (Å²) in [7, 11) is 0. The molecule has 1 aliphatic rings. The Balaban J connectivity index is 2.54. The Labute approximate surface area is 781 Å². The van der Waals surface area contributed by atoms with Gasteiger partial charge in [-0.15, -0.1) is 0 Å². The summed E-state index contributed by atoms with van der Waals surface area (Å²) in [6, 6.07) is -18.3. The predicted octanol–water partition coefficient (Wildman–Crippen LogP) is -7.34. The van der Waals surface area contributed by atoms with Crippen molar-refractivity contribution >= 4 is 138 Å². The lowest BCUT2D eigenvalue weighted by atomic mass is 9.94. The maximum absolute atomic E-state index is 15.0. The van der Waals surface area contributed by atoms with Gasteiger partial charge in [0.2, 0.25) is 94.5 Å². The van der Waals surface area contributed by atoms with E-state index < -0.39 is 244 Å². The van der Waals surface area contributed by atoms with E-state index in [0.717, 1.165) is 6.92 Å². The summed E-state index contributed by atoms with van der Waals surface area (Å²) in [6.45, 7) is 15.8. The lowest BCUT2D eigenvalue weighted by molar-refractivity contribution is -0.142. The number of unbranched alkanes of at least 4 members (excludes halogenated alkanes) is 2. The number of phenols is 1. The van der Waals surface area contributed by atoms with Crippen LogP contribution in [0.5, 0.6) is 5.75 Å². The van der Waals surface area contributed by atoms with Crippen molar-refractivity contribution in [1.82, 2.24) is 90.0 Å². The zero-order valence-corrected chi connectivity index (χ0v) is 79.0. The molecule has 49 heteroatoms. The number of carbonyl (C=O) groups is 17. The van der Waals surface area contributed by atoms with Crippen LogP contribution in [-0.2, 0) is 87.9 Å². The van der Waals surface area contributed by atoms with Crippen molar-refractivity contribution in [3.8, 4) is 5.75 Å². The first-order valence-electron chi connectivity index (χ1n) is 44.7. The zero-order valence-electron chi connectivity index (χ0n) is 77.2. The standard InChI is InChI=1S/C83H147N27O20S2/c1-11-14-20-54(80(129)130)102-66(115)50(23-18-37-95-82(92)93)97-68(117)51(29-33-85)100-73(122)57(41-131)105-67(116)48(21-15-16-32-84)96-69(118)52(30-34-86)101-77(126)63(45(8)111)108-70(119)53(31-35-87)99-65(114)49(22-17-36-94-81(90)91)98-71(120)56(40-59(88)113)104-78(127)64(83(9,10)132)109-72(121)55(39-46-25-27-47(112)28-26-46)103-75(124)61(43(6)12-2)107-76(125)62(44(7)13-3)106-74(123)58-24-19-38-110(58)79(128)60(89)42(4)5/h25-28,42-45,48-58,60-64,111-112,131-132H,11-24,29-41,84-87,89H2,1-10H3,(H2,88,113)(H,96,118)(H,97,117)(H,98,120)(H,99,114)(H,100,122)(H,101,126)(H,102,115)(H,103,124)(H,104,127)(H,105,116)(H,106,123)(H,107,125)(H,108,119)(H,109,121)(H,129,130)(H4,90,91,94)(H4,92,93,95)/t43-,44-,45+,48-,49-,50-,51-,52+,53-,54-,55-,56-,57-,58-,60-,61-,62-,63-,64+/m0/s1. The lowest BCUT2D eigenvalue weighted by Crippen LogP contribution is -2.64. The van der Waals surface area contributed by atoms with Crippen molar-refractivity contribution in [2.24, 2.45) is 63.6 Å². The van der Waals surface area contributed by atoms with Crippen LogP contribution in [0.3, 0.4) is 0 Å². The monoisotopic (exact) mass is 1910 g/mol.